The molecule has 1 amide bonds. The van der Waals surface area contributed by atoms with Gasteiger partial charge in [0.25, 0.3) is 5.91 Å². The van der Waals surface area contributed by atoms with Crippen molar-refractivity contribution in [3.63, 3.8) is 0 Å². The summed E-state index contributed by atoms with van der Waals surface area (Å²) >= 11 is 0. The summed E-state index contributed by atoms with van der Waals surface area (Å²) in [5.74, 6) is -1.84. The maximum atomic E-state index is 12.2. The van der Waals surface area contributed by atoms with Crippen molar-refractivity contribution < 1.29 is 29.0 Å². The molecule has 1 aromatic rings. The van der Waals surface area contributed by atoms with Gasteiger partial charge >= 0.3 is 11.9 Å². The largest absolute Gasteiger partial charge is 0.508 e. The number of esters is 2. The highest BCUT2D eigenvalue weighted by molar-refractivity contribution is 5.97. The van der Waals surface area contributed by atoms with Gasteiger partial charge in [-0.3, -0.25) is 14.4 Å². The molecule has 0 unspecified atom stereocenters. The Labute approximate surface area is 115 Å². The van der Waals surface area contributed by atoms with Crippen LogP contribution in [0, 0.1) is 0 Å². The van der Waals surface area contributed by atoms with E-state index in [1.807, 2.05) is 0 Å². The highest BCUT2D eigenvalue weighted by Crippen LogP contribution is 2.12. The molecule has 0 bridgehead atoms. The average molecular weight is 281 g/mol. The number of carbonyl (C=O) groups excluding carboxylic acids is 3. The van der Waals surface area contributed by atoms with Crippen molar-refractivity contribution in [2.24, 2.45) is 0 Å². The van der Waals surface area contributed by atoms with Gasteiger partial charge in [-0.1, -0.05) is 0 Å². The summed E-state index contributed by atoms with van der Waals surface area (Å²) < 4.78 is 8.95. The summed E-state index contributed by atoms with van der Waals surface area (Å²) in [4.78, 5) is 35.7. The predicted octanol–water partition coefficient (Wildman–Crippen LogP) is 0.180. The van der Waals surface area contributed by atoms with Crippen LogP contribution < -0.4 is 0 Å². The summed E-state index contributed by atoms with van der Waals surface area (Å²) in [6.07, 6.45) is 0. The minimum absolute atomic E-state index is 0.00837. The van der Waals surface area contributed by atoms with E-state index in [4.69, 9.17) is 0 Å². The van der Waals surface area contributed by atoms with Crippen LogP contribution in [0.3, 0.4) is 0 Å². The second-order valence-corrected chi connectivity index (χ2v) is 3.86. The summed E-state index contributed by atoms with van der Waals surface area (Å²) in [5.41, 5.74) is 0.232. The maximum absolute atomic E-state index is 12.2. The Bertz CT molecular complexity index is 478. The Hall–Kier alpha value is -2.57. The fraction of sp³-hybridized carbons (Fsp3) is 0.308. The van der Waals surface area contributed by atoms with Gasteiger partial charge in [-0.05, 0) is 24.3 Å². The zero-order chi connectivity index (χ0) is 15.1. The molecule has 0 atom stereocenters. The van der Waals surface area contributed by atoms with E-state index in [2.05, 4.69) is 9.47 Å². The average Bonchev–Trinajstić information content (AvgIpc) is 2.46. The lowest BCUT2D eigenvalue weighted by molar-refractivity contribution is -0.144. The first-order chi connectivity index (χ1) is 9.47. The molecule has 0 aliphatic rings. The van der Waals surface area contributed by atoms with E-state index in [1.165, 1.54) is 38.5 Å². The van der Waals surface area contributed by atoms with Crippen LogP contribution in [0.1, 0.15) is 10.4 Å². The zero-order valence-electron chi connectivity index (χ0n) is 11.2. The molecule has 0 aliphatic heterocycles. The number of phenolic OH excluding ortho intramolecular Hbond substituents is 1. The number of aromatic hydroxyl groups is 1. The maximum Gasteiger partial charge on any atom is 0.325 e. The molecule has 7 nitrogen and oxygen atoms in total. The second kappa shape index (κ2) is 7.13. The van der Waals surface area contributed by atoms with Crippen molar-refractivity contribution in [3.05, 3.63) is 29.8 Å². The molecule has 108 valence electrons. The fourth-order valence-corrected chi connectivity index (χ4v) is 1.43. The molecule has 0 fully saturated rings. The number of ether oxygens (including phenoxy) is 2. The highest BCUT2D eigenvalue weighted by Gasteiger charge is 2.22. The molecule has 0 heterocycles. The van der Waals surface area contributed by atoms with E-state index in [0.717, 1.165) is 4.90 Å². The predicted molar refractivity (Wildman–Crippen MR) is 68.0 cm³/mol. The Morgan fingerprint density at radius 1 is 1.00 bits per heavy atom. The molecule has 0 radical (unpaired) electrons. The van der Waals surface area contributed by atoms with E-state index in [-0.39, 0.29) is 24.4 Å². The van der Waals surface area contributed by atoms with Gasteiger partial charge in [0, 0.05) is 5.56 Å². The van der Waals surface area contributed by atoms with Gasteiger partial charge in [0.2, 0.25) is 0 Å². The van der Waals surface area contributed by atoms with E-state index in [0.29, 0.717) is 0 Å². The molecular weight excluding hydrogens is 266 g/mol. The lowest BCUT2D eigenvalue weighted by Crippen LogP contribution is -2.40. The Morgan fingerprint density at radius 3 is 1.85 bits per heavy atom. The number of rotatable bonds is 5. The number of nitrogens with zero attached hydrogens (tertiary/aromatic N) is 1. The third kappa shape index (κ3) is 4.27. The molecule has 0 aromatic heterocycles. The van der Waals surface area contributed by atoms with Gasteiger partial charge in [0.1, 0.15) is 18.8 Å². The molecule has 7 heteroatoms. The Kier molecular flexibility index (Phi) is 5.52. The summed E-state index contributed by atoms with van der Waals surface area (Å²) in [6, 6.07) is 5.45. The first-order valence-electron chi connectivity index (χ1n) is 5.70. The fourth-order valence-electron chi connectivity index (χ4n) is 1.43. The third-order valence-electron chi connectivity index (χ3n) is 2.50. The quantitative estimate of drug-likeness (QED) is 0.774. The van der Waals surface area contributed by atoms with E-state index in [9.17, 15) is 19.5 Å². The van der Waals surface area contributed by atoms with Gasteiger partial charge in [-0.15, -0.1) is 0 Å². The summed E-state index contributed by atoms with van der Waals surface area (Å²) in [6.45, 7) is -0.739. The van der Waals surface area contributed by atoms with E-state index >= 15 is 0 Å². The normalized spacial score (nSPS) is 9.70. The number of phenols is 1. The smallest absolute Gasteiger partial charge is 0.325 e. The van der Waals surface area contributed by atoms with Crippen molar-refractivity contribution in [2.75, 3.05) is 27.3 Å². The monoisotopic (exact) mass is 281 g/mol. The SMILES string of the molecule is COC(=O)CN(CC(=O)OC)C(=O)c1ccc(O)cc1. The van der Waals surface area contributed by atoms with Crippen LogP contribution in [0.25, 0.3) is 0 Å². The van der Waals surface area contributed by atoms with Crippen molar-refractivity contribution in [3.8, 4) is 5.75 Å². The zero-order valence-corrected chi connectivity index (χ0v) is 11.2. The number of hydrogen-bond acceptors (Lipinski definition) is 6. The minimum Gasteiger partial charge on any atom is -0.508 e. The lowest BCUT2D eigenvalue weighted by Gasteiger charge is -2.20. The van der Waals surface area contributed by atoms with Crippen LogP contribution in [0.4, 0.5) is 0 Å². The number of methoxy groups -OCH3 is 2. The molecule has 0 spiro atoms. The first-order valence-corrected chi connectivity index (χ1v) is 5.70. The van der Waals surface area contributed by atoms with Crippen molar-refractivity contribution >= 4 is 17.8 Å². The van der Waals surface area contributed by atoms with Crippen LogP contribution in [0.2, 0.25) is 0 Å². The molecular formula is C13H15NO6. The molecule has 1 rings (SSSR count). The van der Waals surface area contributed by atoms with E-state index in [1.54, 1.807) is 0 Å². The number of amides is 1. The number of hydrogen-bond donors (Lipinski definition) is 1. The van der Waals surface area contributed by atoms with Crippen LogP contribution in [-0.4, -0.2) is 55.2 Å². The summed E-state index contributed by atoms with van der Waals surface area (Å²) in [7, 11) is 2.37. The lowest BCUT2D eigenvalue weighted by atomic mass is 10.2. The Balaban J connectivity index is 2.90. The number of carbonyl (C=O) groups is 3. The van der Waals surface area contributed by atoms with Crippen molar-refractivity contribution in [2.45, 2.75) is 0 Å². The molecule has 0 saturated heterocycles. The van der Waals surface area contributed by atoms with Gasteiger partial charge in [0.15, 0.2) is 0 Å². The van der Waals surface area contributed by atoms with E-state index < -0.39 is 17.8 Å². The molecule has 1 aromatic carbocycles. The van der Waals surface area contributed by atoms with Crippen molar-refractivity contribution in [1.82, 2.24) is 4.90 Å². The minimum atomic E-state index is -0.652. The first kappa shape index (κ1) is 15.5. The van der Waals surface area contributed by atoms with Crippen LogP contribution in [-0.2, 0) is 19.1 Å². The van der Waals surface area contributed by atoms with Gasteiger partial charge in [-0.2, -0.15) is 0 Å². The topological polar surface area (TPSA) is 93.1 Å². The van der Waals surface area contributed by atoms with Crippen molar-refractivity contribution in [1.29, 1.82) is 0 Å². The third-order valence-corrected chi connectivity index (χ3v) is 2.50. The van der Waals surface area contributed by atoms with Crippen LogP contribution >= 0.6 is 0 Å². The highest BCUT2D eigenvalue weighted by atomic mass is 16.5. The number of benzene rings is 1. The van der Waals surface area contributed by atoms with Gasteiger partial charge in [-0.25, -0.2) is 0 Å². The second-order valence-electron chi connectivity index (χ2n) is 3.86. The van der Waals surface area contributed by atoms with Crippen LogP contribution in [0.15, 0.2) is 24.3 Å². The van der Waals surface area contributed by atoms with Gasteiger partial charge < -0.3 is 19.5 Å². The Morgan fingerprint density at radius 2 is 1.45 bits per heavy atom. The molecule has 1 N–H and O–H groups in total. The molecule has 0 aliphatic carbocycles. The molecule has 0 saturated carbocycles. The standard InChI is InChI=1S/C13H15NO6/c1-19-11(16)7-14(8-12(17)20-2)13(18)9-3-5-10(15)6-4-9/h3-6,15H,7-8H2,1-2H3. The van der Waals surface area contributed by atoms with Gasteiger partial charge in [0.05, 0.1) is 14.2 Å². The molecule has 20 heavy (non-hydrogen) atoms. The summed E-state index contributed by atoms with van der Waals surface area (Å²) in [5, 5.41) is 9.17. The van der Waals surface area contributed by atoms with Crippen LogP contribution in [0.5, 0.6) is 5.75 Å².